The fraction of sp³-hybridized carbons (Fsp3) is 0.452. The second-order valence-electron chi connectivity index (χ2n) is 11.8. The van der Waals surface area contributed by atoms with Crippen LogP contribution in [0.15, 0.2) is 36.4 Å². The number of rotatable bonds is 8. The number of likely N-dealkylation sites (tertiary alicyclic amines) is 1. The Morgan fingerprint density at radius 1 is 1.05 bits per heavy atom. The molecule has 0 radical (unpaired) electrons. The molecule has 0 spiro atoms. The number of hydrogen-bond acceptors (Lipinski definition) is 8. The summed E-state index contributed by atoms with van der Waals surface area (Å²) in [6.45, 7) is 2.12. The van der Waals surface area contributed by atoms with E-state index in [1.54, 1.807) is 31.1 Å². The number of H-pyrrole nitrogens is 1. The van der Waals surface area contributed by atoms with Gasteiger partial charge < -0.3 is 20.9 Å². The van der Waals surface area contributed by atoms with Gasteiger partial charge in [0.25, 0.3) is 11.8 Å². The molecule has 1 saturated carbocycles. The second kappa shape index (κ2) is 11.2. The molecule has 0 unspecified atom stereocenters. The van der Waals surface area contributed by atoms with Gasteiger partial charge in [-0.1, -0.05) is 17.3 Å². The average Bonchev–Trinajstić information content (AvgIpc) is 3.41. The summed E-state index contributed by atoms with van der Waals surface area (Å²) in [6.07, 6.45) is 3.47. The van der Waals surface area contributed by atoms with E-state index in [-0.39, 0.29) is 42.4 Å². The van der Waals surface area contributed by atoms with Crippen LogP contribution in [0.4, 0.5) is 0 Å². The lowest BCUT2D eigenvalue weighted by Gasteiger charge is -2.36. The van der Waals surface area contributed by atoms with E-state index in [4.69, 9.17) is 0 Å². The number of amides is 3. The van der Waals surface area contributed by atoms with Crippen LogP contribution in [-0.2, 0) is 23.1 Å². The molecule has 4 N–H and O–H groups in total. The highest BCUT2D eigenvalue weighted by Crippen LogP contribution is 2.48. The lowest BCUT2D eigenvalue weighted by Crippen LogP contribution is -2.46. The van der Waals surface area contributed by atoms with Crippen molar-refractivity contribution in [2.24, 2.45) is 5.92 Å². The summed E-state index contributed by atoms with van der Waals surface area (Å²) < 4.78 is 0. The zero-order valence-electron chi connectivity index (χ0n) is 24.5. The van der Waals surface area contributed by atoms with Crippen LogP contribution in [0.5, 0.6) is 0 Å². The van der Waals surface area contributed by atoms with Crippen LogP contribution in [0.3, 0.4) is 0 Å². The smallest absolute Gasteiger partial charge is 0.251 e. The molecule has 12 heteroatoms. The van der Waals surface area contributed by atoms with E-state index in [2.05, 4.69) is 42.6 Å². The highest BCUT2D eigenvalue weighted by molar-refractivity contribution is 5.95. The molecular formula is C31H35N9O3. The summed E-state index contributed by atoms with van der Waals surface area (Å²) in [6, 6.07) is 13.3. The summed E-state index contributed by atoms with van der Waals surface area (Å²) in [7, 11) is 3.21. The fourth-order valence-electron chi connectivity index (χ4n) is 7.13. The molecule has 2 heterocycles. The Labute approximate surface area is 249 Å². The number of benzene rings is 2. The summed E-state index contributed by atoms with van der Waals surface area (Å²) in [5, 5.41) is 33.9. The van der Waals surface area contributed by atoms with Gasteiger partial charge in [0.1, 0.15) is 6.04 Å². The number of tetrazole rings is 1. The quantitative estimate of drug-likeness (QED) is 0.308. The predicted octanol–water partition coefficient (Wildman–Crippen LogP) is 1.23. The number of aromatic nitrogens is 4. The van der Waals surface area contributed by atoms with Crippen molar-refractivity contribution in [1.82, 2.24) is 41.5 Å². The maximum Gasteiger partial charge on any atom is 0.251 e. The van der Waals surface area contributed by atoms with Gasteiger partial charge in [-0.2, -0.15) is 10.5 Å². The first-order valence-corrected chi connectivity index (χ1v) is 14.7. The Balaban J connectivity index is 1.41. The number of aromatic amines is 1. The largest absolute Gasteiger partial charge is 0.355 e. The molecule has 1 aromatic heterocycles. The number of nitrogens with zero attached hydrogens (tertiary/aromatic N) is 5. The van der Waals surface area contributed by atoms with Gasteiger partial charge in [0.15, 0.2) is 5.82 Å². The molecule has 3 amide bonds. The van der Waals surface area contributed by atoms with Gasteiger partial charge in [-0.15, -0.1) is 10.2 Å². The number of hydrogen-bond donors (Lipinski definition) is 4. The maximum absolute atomic E-state index is 13.3. The topological polar surface area (TPSA) is 169 Å². The van der Waals surface area contributed by atoms with E-state index in [1.165, 1.54) is 0 Å². The zero-order chi connectivity index (χ0) is 30.3. The van der Waals surface area contributed by atoms with Crippen molar-refractivity contribution in [1.29, 1.82) is 5.26 Å². The van der Waals surface area contributed by atoms with Crippen molar-refractivity contribution in [2.45, 2.75) is 62.6 Å². The average molecular weight is 582 g/mol. The first-order chi connectivity index (χ1) is 20.8. The van der Waals surface area contributed by atoms with Gasteiger partial charge >= 0.3 is 0 Å². The van der Waals surface area contributed by atoms with Gasteiger partial charge in [0.2, 0.25) is 5.91 Å². The minimum absolute atomic E-state index is 0.0656. The molecule has 6 rings (SSSR count). The van der Waals surface area contributed by atoms with Crippen molar-refractivity contribution < 1.29 is 14.4 Å². The van der Waals surface area contributed by atoms with E-state index in [0.717, 1.165) is 35.1 Å². The Morgan fingerprint density at radius 3 is 2.21 bits per heavy atom. The van der Waals surface area contributed by atoms with Gasteiger partial charge in [-0.05, 0) is 91.5 Å². The molecule has 222 valence electrons. The second-order valence-corrected chi connectivity index (χ2v) is 11.8. The van der Waals surface area contributed by atoms with Crippen LogP contribution < -0.4 is 16.0 Å². The van der Waals surface area contributed by atoms with E-state index < -0.39 is 5.41 Å². The molecule has 2 fully saturated rings. The number of piperidine rings is 1. The van der Waals surface area contributed by atoms with Crippen molar-refractivity contribution in [2.75, 3.05) is 20.6 Å². The number of aryl methyl sites for hydroxylation is 2. The molecule has 3 aliphatic rings. The number of nitrogens with one attached hydrogen (secondary N) is 4. The van der Waals surface area contributed by atoms with Gasteiger partial charge in [-0.3, -0.25) is 14.4 Å². The van der Waals surface area contributed by atoms with Gasteiger partial charge in [0.05, 0.1) is 18.0 Å². The molecule has 4 atom stereocenters. The summed E-state index contributed by atoms with van der Waals surface area (Å²) >= 11 is 0. The van der Waals surface area contributed by atoms with E-state index in [0.29, 0.717) is 42.1 Å². The molecule has 12 nitrogen and oxygen atoms in total. The number of carbonyl (C=O) groups is 3. The van der Waals surface area contributed by atoms with E-state index in [9.17, 15) is 19.6 Å². The summed E-state index contributed by atoms with van der Waals surface area (Å²) in [5.74, 6) is 0.485. The third-order valence-corrected chi connectivity index (χ3v) is 9.25. The van der Waals surface area contributed by atoms with Crippen molar-refractivity contribution in [3.8, 4) is 6.07 Å². The Hall–Kier alpha value is -4.63. The fourth-order valence-corrected chi connectivity index (χ4v) is 7.13. The highest BCUT2D eigenvalue weighted by atomic mass is 16.2. The minimum atomic E-state index is -0.906. The number of fused-ring (bicyclic) bond motifs is 3. The normalized spacial score (nSPS) is 21.8. The molecule has 1 saturated heterocycles. The third-order valence-electron chi connectivity index (χ3n) is 9.25. The van der Waals surface area contributed by atoms with Crippen LogP contribution in [0.25, 0.3) is 0 Å². The summed E-state index contributed by atoms with van der Waals surface area (Å²) in [5.41, 5.74) is 4.02. The van der Waals surface area contributed by atoms with E-state index >= 15 is 0 Å². The zero-order valence-corrected chi connectivity index (χ0v) is 24.5. The van der Waals surface area contributed by atoms with Crippen LogP contribution in [0.1, 0.15) is 75.0 Å². The lowest BCUT2D eigenvalue weighted by molar-refractivity contribution is -0.131. The Kier molecular flexibility index (Phi) is 7.43. The lowest BCUT2D eigenvalue weighted by atomic mass is 9.67. The van der Waals surface area contributed by atoms with Crippen molar-refractivity contribution >= 4 is 17.7 Å². The van der Waals surface area contributed by atoms with Crippen LogP contribution in [0, 0.1) is 17.2 Å². The highest BCUT2D eigenvalue weighted by Gasteiger charge is 2.54. The maximum atomic E-state index is 13.3. The predicted molar refractivity (Wildman–Crippen MR) is 156 cm³/mol. The molecule has 0 bridgehead atoms. The first-order valence-electron chi connectivity index (χ1n) is 14.7. The van der Waals surface area contributed by atoms with Crippen molar-refractivity contribution in [3.63, 3.8) is 0 Å². The Bertz CT molecular complexity index is 1550. The molecule has 3 aromatic rings. The molecule has 1 aliphatic heterocycles. The monoisotopic (exact) mass is 581 g/mol. The first kappa shape index (κ1) is 28.5. The molecular weight excluding hydrogens is 546 g/mol. The minimum Gasteiger partial charge on any atom is -0.355 e. The van der Waals surface area contributed by atoms with Crippen LogP contribution >= 0.6 is 0 Å². The van der Waals surface area contributed by atoms with Crippen LogP contribution in [0.2, 0.25) is 0 Å². The third kappa shape index (κ3) is 4.93. The molecule has 43 heavy (non-hydrogen) atoms. The van der Waals surface area contributed by atoms with Gasteiger partial charge in [-0.25, -0.2) is 0 Å². The van der Waals surface area contributed by atoms with Crippen LogP contribution in [-0.4, -0.2) is 82.0 Å². The number of carbonyl (C=O) groups excluding carboxylic acids is 3. The molecule has 2 aromatic carbocycles. The number of nitriles is 1. The van der Waals surface area contributed by atoms with Gasteiger partial charge in [0, 0.05) is 37.3 Å². The van der Waals surface area contributed by atoms with E-state index in [1.807, 2.05) is 31.2 Å². The Morgan fingerprint density at radius 2 is 1.67 bits per heavy atom. The standard InChI is InChI=1S/C31H35N9O3/c1-17(35-16-27(41)40-23(15-32)12-22-13-26(22)40)14-31(30-36-38-39-37-30)24-8-6-20(28(42)33-2)10-18(24)4-5-19-11-21(29(43)34-3)7-9-25(19)31/h6-11,17,22-23,26,35H,4-5,12-14,16H2,1-3H3,(H,33,42)(H,34,43)(H,36,37,38,39)/t17-,22+,23-,26-/m0/s1. The SMILES string of the molecule is CNC(=O)c1ccc2c(c1)CCc1cc(C(=O)NC)ccc1C2(C[C@H](C)NCC(=O)N1[C@H](C#N)C[C@@H]2C[C@@H]21)c1nn[nH]n1. The van der Waals surface area contributed by atoms with Crippen molar-refractivity contribution in [3.05, 3.63) is 75.6 Å². The summed E-state index contributed by atoms with van der Waals surface area (Å²) in [4.78, 5) is 40.2. The molecule has 2 aliphatic carbocycles.